The number of benzene rings is 2. The van der Waals surface area contributed by atoms with E-state index in [9.17, 15) is 0 Å². The maximum absolute atomic E-state index is 5.96. The first kappa shape index (κ1) is 16.1. The molecule has 0 aliphatic carbocycles. The van der Waals surface area contributed by atoms with Gasteiger partial charge >= 0.3 is 0 Å². The molecule has 0 radical (unpaired) electrons. The van der Waals surface area contributed by atoms with Gasteiger partial charge in [0.05, 0.1) is 11.4 Å². The molecule has 2 aromatic heterocycles. The topological polar surface area (TPSA) is 39.9 Å². The number of pyridine rings is 1. The van der Waals surface area contributed by atoms with Gasteiger partial charge < -0.3 is 4.74 Å². The monoisotopic (exact) mass is 341 g/mol. The van der Waals surface area contributed by atoms with Crippen LogP contribution in [0.5, 0.6) is 5.75 Å². The molecular weight excluding hydrogens is 322 g/mol. The quantitative estimate of drug-likeness (QED) is 0.522. The molecule has 2 heterocycles. The summed E-state index contributed by atoms with van der Waals surface area (Å²) in [6, 6.07) is 26.1. The Labute approximate surface area is 152 Å². The van der Waals surface area contributed by atoms with E-state index in [1.54, 1.807) is 6.20 Å². The Balaban J connectivity index is 1.63. The Kier molecular flexibility index (Phi) is 4.48. The van der Waals surface area contributed by atoms with Gasteiger partial charge in [0.2, 0.25) is 0 Å². The fraction of sp³-hybridized carbons (Fsp3) is 0.0909. The lowest BCUT2D eigenvalue weighted by Gasteiger charge is -2.10. The van der Waals surface area contributed by atoms with Gasteiger partial charge in [-0.05, 0) is 42.8 Å². The van der Waals surface area contributed by atoms with Crippen molar-refractivity contribution in [2.75, 3.05) is 0 Å². The summed E-state index contributed by atoms with van der Waals surface area (Å²) in [5.74, 6) is 1.63. The van der Waals surface area contributed by atoms with Gasteiger partial charge in [0.25, 0.3) is 0 Å². The first-order valence-corrected chi connectivity index (χ1v) is 8.55. The Bertz CT molecular complexity index is 994. The summed E-state index contributed by atoms with van der Waals surface area (Å²) in [5, 5.41) is 4.59. The highest BCUT2D eigenvalue weighted by Gasteiger charge is 2.11. The van der Waals surface area contributed by atoms with Gasteiger partial charge in [0, 0.05) is 11.8 Å². The maximum Gasteiger partial charge on any atom is 0.153 e. The Morgan fingerprint density at radius 3 is 2.54 bits per heavy atom. The molecular formula is C22H19N3O. The van der Waals surface area contributed by atoms with Crippen LogP contribution in [0.25, 0.3) is 17.1 Å². The van der Waals surface area contributed by atoms with E-state index in [1.165, 1.54) is 0 Å². The van der Waals surface area contributed by atoms with Crippen molar-refractivity contribution in [3.8, 4) is 22.8 Å². The van der Waals surface area contributed by atoms with Crippen molar-refractivity contribution in [3.05, 3.63) is 96.3 Å². The summed E-state index contributed by atoms with van der Waals surface area (Å²) < 4.78 is 7.83. The molecule has 0 saturated heterocycles. The number of aromatic nitrogens is 3. The van der Waals surface area contributed by atoms with Crippen molar-refractivity contribution < 1.29 is 4.74 Å². The van der Waals surface area contributed by atoms with Crippen molar-refractivity contribution in [2.24, 2.45) is 0 Å². The standard InChI is InChI=1S/C22H19N3O/c1-17-14-21(25(24-17)22-12-5-6-13-23-22)19-10-7-11-20(15-19)26-16-18-8-3-2-4-9-18/h2-15H,16H2,1H3. The third-order valence-corrected chi connectivity index (χ3v) is 4.08. The third kappa shape index (κ3) is 3.49. The van der Waals surface area contributed by atoms with Gasteiger partial charge in [-0.25, -0.2) is 9.67 Å². The second-order valence-corrected chi connectivity index (χ2v) is 6.07. The van der Waals surface area contributed by atoms with Crippen LogP contribution in [0.4, 0.5) is 0 Å². The van der Waals surface area contributed by atoms with Crippen molar-refractivity contribution in [2.45, 2.75) is 13.5 Å². The van der Waals surface area contributed by atoms with Gasteiger partial charge in [-0.15, -0.1) is 0 Å². The number of hydrogen-bond acceptors (Lipinski definition) is 3. The largest absolute Gasteiger partial charge is 0.489 e. The first-order chi connectivity index (χ1) is 12.8. The Hall–Kier alpha value is -3.40. The molecule has 4 heteroatoms. The molecule has 0 spiro atoms. The van der Waals surface area contributed by atoms with Crippen LogP contribution in [0, 0.1) is 6.92 Å². The van der Waals surface area contributed by atoms with E-state index in [2.05, 4.69) is 34.3 Å². The van der Waals surface area contributed by atoms with E-state index in [0.717, 1.165) is 34.1 Å². The van der Waals surface area contributed by atoms with E-state index in [-0.39, 0.29) is 0 Å². The second-order valence-electron chi connectivity index (χ2n) is 6.07. The van der Waals surface area contributed by atoms with E-state index in [1.807, 2.05) is 66.2 Å². The molecule has 2 aromatic carbocycles. The molecule has 0 saturated carbocycles. The summed E-state index contributed by atoms with van der Waals surface area (Å²) in [6.07, 6.45) is 1.77. The van der Waals surface area contributed by atoms with Crippen LogP contribution in [0.15, 0.2) is 85.1 Å². The van der Waals surface area contributed by atoms with Crippen LogP contribution < -0.4 is 4.74 Å². The average Bonchev–Trinajstić information content (AvgIpc) is 3.10. The van der Waals surface area contributed by atoms with Crippen LogP contribution in [0.1, 0.15) is 11.3 Å². The molecule has 0 aliphatic heterocycles. The average molecular weight is 341 g/mol. The van der Waals surface area contributed by atoms with Crippen molar-refractivity contribution in [1.29, 1.82) is 0 Å². The highest BCUT2D eigenvalue weighted by Crippen LogP contribution is 2.27. The normalized spacial score (nSPS) is 10.7. The van der Waals surface area contributed by atoms with Gasteiger partial charge in [0.1, 0.15) is 12.4 Å². The summed E-state index contributed by atoms with van der Waals surface area (Å²) in [4.78, 5) is 4.42. The number of rotatable bonds is 5. The third-order valence-electron chi connectivity index (χ3n) is 4.08. The van der Waals surface area contributed by atoms with Gasteiger partial charge in [-0.1, -0.05) is 48.5 Å². The SMILES string of the molecule is Cc1cc(-c2cccc(OCc3ccccc3)c2)n(-c2ccccn2)n1. The fourth-order valence-electron chi connectivity index (χ4n) is 2.84. The summed E-state index contributed by atoms with van der Waals surface area (Å²) in [7, 11) is 0. The molecule has 4 rings (SSSR count). The molecule has 0 aliphatic rings. The maximum atomic E-state index is 5.96. The van der Waals surface area contributed by atoms with Crippen molar-refractivity contribution in [3.63, 3.8) is 0 Å². The molecule has 0 bridgehead atoms. The molecule has 0 atom stereocenters. The van der Waals surface area contributed by atoms with Crippen molar-refractivity contribution >= 4 is 0 Å². The van der Waals surface area contributed by atoms with E-state index in [0.29, 0.717) is 6.61 Å². The number of hydrogen-bond donors (Lipinski definition) is 0. The van der Waals surface area contributed by atoms with E-state index < -0.39 is 0 Å². The lowest BCUT2D eigenvalue weighted by atomic mass is 10.1. The van der Waals surface area contributed by atoms with Crippen LogP contribution in [0.3, 0.4) is 0 Å². The lowest BCUT2D eigenvalue weighted by Crippen LogP contribution is -2.01. The molecule has 0 amide bonds. The second kappa shape index (κ2) is 7.23. The van der Waals surface area contributed by atoms with Crippen LogP contribution in [-0.4, -0.2) is 14.8 Å². The van der Waals surface area contributed by atoms with E-state index >= 15 is 0 Å². The summed E-state index contributed by atoms with van der Waals surface area (Å²) >= 11 is 0. The zero-order chi connectivity index (χ0) is 17.8. The van der Waals surface area contributed by atoms with Crippen molar-refractivity contribution in [1.82, 2.24) is 14.8 Å². The van der Waals surface area contributed by atoms with Crippen LogP contribution in [-0.2, 0) is 6.61 Å². The number of ether oxygens (including phenoxy) is 1. The highest BCUT2D eigenvalue weighted by molar-refractivity contribution is 5.64. The van der Waals surface area contributed by atoms with E-state index in [4.69, 9.17) is 4.74 Å². The summed E-state index contributed by atoms with van der Waals surface area (Å²) in [5.41, 5.74) is 4.13. The Morgan fingerprint density at radius 2 is 1.73 bits per heavy atom. The smallest absolute Gasteiger partial charge is 0.153 e. The van der Waals surface area contributed by atoms with Crippen LogP contribution in [0.2, 0.25) is 0 Å². The molecule has 0 fully saturated rings. The number of nitrogens with zero attached hydrogens (tertiary/aromatic N) is 3. The van der Waals surface area contributed by atoms with Gasteiger partial charge in [0.15, 0.2) is 5.82 Å². The minimum Gasteiger partial charge on any atom is -0.489 e. The predicted molar refractivity (Wildman–Crippen MR) is 102 cm³/mol. The predicted octanol–water partition coefficient (Wildman–Crippen LogP) is 4.82. The molecule has 4 aromatic rings. The molecule has 26 heavy (non-hydrogen) atoms. The highest BCUT2D eigenvalue weighted by atomic mass is 16.5. The lowest BCUT2D eigenvalue weighted by molar-refractivity contribution is 0.306. The molecule has 0 N–H and O–H groups in total. The molecule has 0 unspecified atom stereocenters. The Morgan fingerprint density at radius 1 is 0.885 bits per heavy atom. The van der Waals surface area contributed by atoms with Gasteiger partial charge in [-0.3, -0.25) is 0 Å². The number of aryl methyl sites for hydroxylation is 1. The zero-order valence-corrected chi connectivity index (χ0v) is 14.5. The molecule has 128 valence electrons. The minimum absolute atomic E-state index is 0.544. The van der Waals surface area contributed by atoms with Crippen LogP contribution >= 0.6 is 0 Å². The summed E-state index contributed by atoms with van der Waals surface area (Å²) in [6.45, 7) is 2.53. The molecule has 4 nitrogen and oxygen atoms in total. The minimum atomic E-state index is 0.544. The van der Waals surface area contributed by atoms with Gasteiger partial charge in [-0.2, -0.15) is 5.10 Å². The first-order valence-electron chi connectivity index (χ1n) is 8.55. The fourth-order valence-corrected chi connectivity index (χ4v) is 2.84. The zero-order valence-electron chi connectivity index (χ0n) is 14.5.